The first-order valence-electron chi connectivity index (χ1n) is 10.0. The summed E-state index contributed by atoms with van der Waals surface area (Å²) in [5, 5.41) is 4.20. The first-order valence-corrected chi connectivity index (χ1v) is 10.0. The van der Waals surface area contributed by atoms with E-state index in [0.29, 0.717) is 6.54 Å². The lowest BCUT2D eigenvalue weighted by atomic mass is 10.1. The summed E-state index contributed by atoms with van der Waals surface area (Å²) in [4.78, 5) is 20.7. The molecule has 1 aromatic heterocycles. The topological polar surface area (TPSA) is 51.4 Å². The molecule has 3 aromatic rings. The Bertz CT molecular complexity index is 955. The van der Waals surface area contributed by atoms with E-state index in [1.54, 1.807) is 0 Å². The lowest BCUT2D eigenvalue weighted by Gasteiger charge is -2.36. The van der Waals surface area contributed by atoms with E-state index in [2.05, 4.69) is 64.3 Å². The molecule has 4 rings (SSSR count). The van der Waals surface area contributed by atoms with Gasteiger partial charge in [0.2, 0.25) is 0 Å². The van der Waals surface area contributed by atoms with E-state index >= 15 is 0 Å². The molecule has 2 N–H and O–H groups in total. The molecule has 0 aliphatic carbocycles. The Balaban J connectivity index is 1.26. The van der Waals surface area contributed by atoms with Gasteiger partial charge in [-0.1, -0.05) is 18.2 Å². The molecule has 28 heavy (non-hydrogen) atoms. The molecular formula is C23H28N4O. The molecule has 0 atom stereocenters. The van der Waals surface area contributed by atoms with Crippen LogP contribution in [0.5, 0.6) is 0 Å². The number of nitrogens with one attached hydrogen (secondary N) is 2. The van der Waals surface area contributed by atoms with E-state index in [1.165, 1.54) is 11.3 Å². The van der Waals surface area contributed by atoms with Crippen molar-refractivity contribution in [2.75, 3.05) is 44.2 Å². The van der Waals surface area contributed by atoms with Crippen molar-refractivity contribution in [2.24, 2.45) is 0 Å². The first kappa shape index (κ1) is 18.6. The van der Waals surface area contributed by atoms with Crippen molar-refractivity contribution in [2.45, 2.75) is 13.8 Å². The van der Waals surface area contributed by atoms with E-state index in [-0.39, 0.29) is 5.91 Å². The van der Waals surface area contributed by atoms with E-state index in [0.717, 1.165) is 54.9 Å². The molecular weight excluding hydrogens is 348 g/mol. The van der Waals surface area contributed by atoms with Gasteiger partial charge in [-0.05, 0) is 49.7 Å². The molecule has 0 bridgehead atoms. The van der Waals surface area contributed by atoms with Crippen LogP contribution in [-0.2, 0) is 0 Å². The van der Waals surface area contributed by atoms with Crippen molar-refractivity contribution in [1.29, 1.82) is 0 Å². The van der Waals surface area contributed by atoms with Gasteiger partial charge in [-0.15, -0.1) is 0 Å². The molecule has 0 spiro atoms. The Morgan fingerprint density at radius 3 is 2.54 bits per heavy atom. The Kier molecular flexibility index (Phi) is 5.35. The van der Waals surface area contributed by atoms with Crippen LogP contribution in [0.4, 0.5) is 5.69 Å². The number of amides is 1. The van der Waals surface area contributed by atoms with Crippen LogP contribution in [-0.4, -0.2) is 55.1 Å². The molecule has 1 aliphatic heterocycles. The van der Waals surface area contributed by atoms with Crippen molar-refractivity contribution >= 4 is 22.5 Å². The van der Waals surface area contributed by atoms with Gasteiger partial charge in [0.1, 0.15) is 0 Å². The number of benzene rings is 2. The normalized spacial score (nSPS) is 15.1. The van der Waals surface area contributed by atoms with Crippen LogP contribution < -0.4 is 10.2 Å². The summed E-state index contributed by atoms with van der Waals surface area (Å²) in [5.41, 5.74) is 5.47. The number of rotatable bonds is 5. The average Bonchev–Trinajstić information content (AvgIpc) is 3.02. The van der Waals surface area contributed by atoms with Crippen molar-refractivity contribution in [1.82, 2.24) is 15.2 Å². The number of aryl methyl sites for hydroxylation is 2. The van der Waals surface area contributed by atoms with Crippen LogP contribution in [0.2, 0.25) is 0 Å². The number of aromatic nitrogens is 1. The predicted molar refractivity (Wildman–Crippen MR) is 115 cm³/mol. The van der Waals surface area contributed by atoms with Crippen LogP contribution in [0, 0.1) is 13.8 Å². The van der Waals surface area contributed by atoms with Crippen molar-refractivity contribution in [3.63, 3.8) is 0 Å². The van der Waals surface area contributed by atoms with E-state index in [4.69, 9.17) is 0 Å². The quantitative estimate of drug-likeness (QED) is 0.718. The summed E-state index contributed by atoms with van der Waals surface area (Å²) in [6, 6.07) is 16.4. The van der Waals surface area contributed by atoms with Crippen LogP contribution >= 0.6 is 0 Å². The number of hydrogen-bond donors (Lipinski definition) is 2. The number of anilines is 1. The van der Waals surface area contributed by atoms with Gasteiger partial charge in [-0.25, -0.2) is 0 Å². The first-order chi connectivity index (χ1) is 13.6. The minimum absolute atomic E-state index is 0.00285. The second-order valence-corrected chi connectivity index (χ2v) is 7.56. The molecule has 0 unspecified atom stereocenters. The molecule has 1 aliphatic rings. The number of piperazine rings is 1. The van der Waals surface area contributed by atoms with Gasteiger partial charge >= 0.3 is 0 Å². The van der Waals surface area contributed by atoms with Gasteiger partial charge in [0.15, 0.2) is 0 Å². The fourth-order valence-corrected chi connectivity index (χ4v) is 3.90. The summed E-state index contributed by atoms with van der Waals surface area (Å²) in [5.74, 6) is 0.00285. The molecule has 0 saturated carbocycles. The van der Waals surface area contributed by atoms with Gasteiger partial charge < -0.3 is 15.2 Å². The highest BCUT2D eigenvalue weighted by molar-refractivity contribution is 5.99. The number of aromatic amines is 1. The zero-order valence-electron chi connectivity index (χ0n) is 16.7. The third-order valence-electron chi connectivity index (χ3n) is 5.78. The summed E-state index contributed by atoms with van der Waals surface area (Å²) in [6.07, 6.45) is 0. The number of nitrogens with zero attached hydrogens (tertiary/aromatic N) is 2. The predicted octanol–water partition coefficient (Wildman–Crippen LogP) is 3.34. The van der Waals surface area contributed by atoms with Gasteiger partial charge in [0, 0.05) is 67.1 Å². The van der Waals surface area contributed by atoms with E-state index in [1.807, 2.05) is 18.2 Å². The third kappa shape index (κ3) is 3.90. The minimum atomic E-state index is 0.00285. The Hall–Kier alpha value is -2.79. The van der Waals surface area contributed by atoms with Gasteiger partial charge in [-0.2, -0.15) is 0 Å². The number of fused-ring (bicyclic) bond motifs is 1. The molecule has 2 heterocycles. The van der Waals surface area contributed by atoms with E-state index < -0.39 is 0 Å². The maximum absolute atomic E-state index is 12.5. The Morgan fingerprint density at radius 1 is 1.04 bits per heavy atom. The zero-order valence-corrected chi connectivity index (χ0v) is 16.7. The highest BCUT2D eigenvalue weighted by Gasteiger charge is 2.17. The standard InChI is InChI=1S/C23H28N4O/c1-17-18(2)25-22-9-8-19(16-21(17)22)23(28)24-10-11-26-12-14-27(15-13-26)20-6-4-3-5-7-20/h3-9,16,25H,10-15H2,1-2H3,(H,24,28). The molecule has 1 amide bonds. The minimum Gasteiger partial charge on any atom is -0.369 e. The van der Waals surface area contributed by atoms with Crippen molar-refractivity contribution in [3.8, 4) is 0 Å². The zero-order chi connectivity index (χ0) is 19.5. The maximum Gasteiger partial charge on any atom is 0.251 e. The molecule has 5 heteroatoms. The lowest BCUT2D eigenvalue weighted by molar-refractivity contribution is 0.0948. The van der Waals surface area contributed by atoms with Gasteiger partial charge in [0.05, 0.1) is 0 Å². The van der Waals surface area contributed by atoms with Crippen LogP contribution in [0.3, 0.4) is 0 Å². The largest absolute Gasteiger partial charge is 0.369 e. The molecule has 1 fully saturated rings. The summed E-state index contributed by atoms with van der Waals surface area (Å²) in [7, 11) is 0. The number of carbonyl (C=O) groups is 1. The fourth-order valence-electron chi connectivity index (χ4n) is 3.90. The number of carbonyl (C=O) groups excluding carboxylic acids is 1. The van der Waals surface area contributed by atoms with Gasteiger partial charge in [0.25, 0.3) is 5.91 Å². The second kappa shape index (κ2) is 8.07. The van der Waals surface area contributed by atoms with Crippen LogP contribution in [0.25, 0.3) is 10.9 Å². The smallest absolute Gasteiger partial charge is 0.251 e. The van der Waals surface area contributed by atoms with E-state index in [9.17, 15) is 4.79 Å². The molecule has 5 nitrogen and oxygen atoms in total. The molecule has 146 valence electrons. The fraction of sp³-hybridized carbons (Fsp3) is 0.348. The maximum atomic E-state index is 12.5. The van der Waals surface area contributed by atoms with Gasteiger partial charge in [-0.3, -0.25) is 9.69 Å². The second-order valence-electron chi connectivity index (χ2n) is 7.56. The monoisotopic (exact) mass is 376 g/mol. The van der Waals surface area contributed by atoms with Crippen LogP contribution in [0.15, 0.2) is 48.5 Å². The summed E-state index contributed by atoms with van der Waals surface area (Å²) >= 11 is 0. The lowest BCUT2D eigenvalue weighted by Crippen LogP contribution is -2.48. The molecule has 2 aromatic carbocycles. The average molecular weight is 377 g/mol. The molecule has 0 radical (unpaired) electrons. The Labute approximate surface area is 166 Å². The van der Waals surface area contributed by atoms with Crippen LogP contribution in [0.1, 0.15) is 21.6 Å². The molecule has 1 saturated heterocycles. The highest BCUT2D eigenvalue weighted by atomic mass is 16.1. The highest BCUT2D eigenvalue weighted by Crippen LogP contribution is 2.22. The Morgan fingerprint density at radius 2 is 1.79 bits per heavy atom. The SMILES string of the molecule is Cc1[nH]c2ccc(C(=O)NCCN3CCN(c4ccccc4)CC3)cc2c1C. The number of H-pyrrole nitrogens is 1. The summed E-state index contributed by atoms with van der Waals surface area (Å²) < 4.78 is 0. The van der Waals surface area contributed by atoms with Crippen molar-refractivity contribution < 1.29 is 4.79 Å². The summed E-state index contributed by atoms with van der Waals surface area (Å²) in [6.45, 7) is 9.82. The van der Waals surface area contributed by atoms with Crippen molar-refractivity contribution in [3.05, 3.63) is 65.4 Å². The third-order valence-corrected chi connectivity index (χ3v) is 5.78. The number of hydrogen-bond acceptors (Lipinski definition) is 3. The number of para-hydroxylation sites is 1.